The van der Waals surface area contributed by atoms with Gasteiger partial charge in [0.2, 0.25) is 5.91 Å². The summed E-state index contributed by atoms with van der Waals surface area (Å²) >= 11 is 0. The van der Waals surface area contributed by atoms with Gasteiger partial charge in [-0.2, -0.15) is 20.6 Å². The Morgan fingerprint density at radius 1 is 0.901 bits per heavy atom. The first-order chi connectivity index (χ1) is 33.4. The van der Waals surface area contributed by atoms with Gasteiger partial charge in [-0.1, -0.05) is 19.6 Å². The van der Waals surface area contributed by atoms with Crippen LogP contribution in [0.4, 0.5) is 0 Å². The number of aldehydes is 1. The van der Waals surface area contributed by atoms with E-state index in [2.05, 4.69) is 98.9 Å². The van der Waals surface area contributed by atoms with E-state index < -0.39 is 20.0 Å². The third-order valence-corrected chi connectivity index (χ3v) is 14.5. The van der Waals surface area contributed by atoms with Gasteiger partial charge in [-0.15, -0.1) is 0 Å². The van der Waals surface area contributed by atoms with E-state index >= 15 is 0 Å². The van der Waals surface area contributed by atoms with E-state index in [0.29, 0.717) is 71.3 Å². The van der Waals surface area contributed by atoms with Gasteiger partial charge in [0.05, 0.1) is 75.2 Å². The Morgan fingerprint density at radius 3 is 1.99 bits per heavy atom. The number of hydrogen-bond acceptors (Lipinski definition) is 14. The standard InChI is InChI=1S/C19H20N8O2.C18H25N5O2Si.C11H19BN2O2/c1-10-14(9-26(3)25-10)15-6-22-17-16(24-15)13(5-21-17)18(28)23-11(2)19(29)27-7-12(4-20)8-27;1-13-15(10-22(2)21-13)16-8-19-18-17(20-16)14(11-24)9-23(18)12-25-6-7-26(3,4)5;1-8-9(7-14(6)13-8)12-15-10(2,3)11(4,5)16-12/h5-6,9,11-12H,7-8H2,1-3H3,(H,21,22)(H,23,28);8-11H,6-7,12H2,1-5H3;7H,1-6H3/t11-;;/m1../s1. The van der Waals surface area contributed by atoms with Crippen LogP contribution in [0.25, 0.3) is 44.8 Å². The van der Waals surface area contributed by atoms with E-state index in [1.165, 1.54) is 6.20 Å². The van der Waals surface area contributed by atoms with Gasteiger partial charge in [0.15, 0.2) is 17.6 Å². The molecule has 7 aromatic rings. The molecule has 2 saturated heterocycles. The van der Waals surface area contributed by atoms with E-state index in [-0.39, 0.29) is 30.1 Å². The van der Waals surface area contributed by atoms with E-state index in [9.17, 15) is 14.4 Å². The lowest BCUT2D eigenvalue weighted by Crippen LogP contribution is -2.55. The van der Waals surface area contributed by atoms with E-state index in [1.807, 2.05) is 65.1 Å². The van der Waals surface area contributed by atoms with Crippen LogP contribution in [-0.2, 0) is 46.7 Å². The summed E-state index contributed by atoms with van der Waals surface area (Å²) < 4.78 is 24.8. The highest BCUT2D eigenvalue weighted by molar-refractivity contribution is 6.76. The van der Waals surface area contributed by atoms with Crippen LogP contribution in [-0.4, -0.2) is 134 Å². The lowest BCUT2D eigenvalue weighted by atomic mass is 9.79. The highest BCUT2D eigenvalue weighted by atomic mass is 28.3. The molecule has 23 heteroatoms. The second-order valence-corrected chi connectivity index (χ2v) is 26.0. The quantitative estimate of drug-likeness (QED) is 0.0924. The van der Waals surface area contributed by atoms with Crippen molar-refractivity contribution in [1.82, 2.24) is 69.0 Å². The fraction of sp³-hybridized carbons (Fsp3) is 0.479. The van der Waals surface area contributed by atoms with Gasteiger partial charge in [0.25, 0.3) is 5.91 Å². The minimum absolute atomic E-state index is 0.125. The minimum Gasteiger partial charge on any atom is -0.399 e. The van der Waals surface area contributed by atoms with E-state index in [1.54, 1.807) is 44.5 Å². The maximum Gasteiger partial charge on any atom is 0.498 e. The lowest BCUT2D eigenvalue weighted by molar-refractivity contribution is -0.137. The summed E-state index contributed by atoms with van der Waals surface area (Å²) in [5.41, 5.74) is 9.15. The monoisotopic (exact) mass is 986 g/mol. The number of nitrogens with zero attached hydrogens (tertiary/aromatic N) is 13. The van der Waals surface area contributed by atoms with Crippen LogP contribution >= 0.6 is 0 Å². The number of aryl methyl sites for hydroxylation is 6. The zero-order chi connectivity index (χ0) is 51.7. The van der Waals surface area contributed by atoms with Crippen LogP contribution in [0.1, 0.15) is 72.4 Å². The molecule has 0 radical (unpaired) electrons. The molecule has 9 rings (SSSR count). The molecule has 0 bridgehead atoms. The summed E-state index contributed by atoms with van der Waals surface area (Å²) in [4.78, 5) is 59.3. The van der Waals surface area contributed by atoms with Gasteiger partial charge in [0, 0.05) is 96.5 Å². The van der Waals surface area contributed by atoms with Gasteiger partial charge < -0.3 is 33.8 Å². The number of hydrogen-bond donors (Lipinski definition) is 2. The van der Waals surface area contributed by atoms with E-state index in [4.69, 9.17) is 19.3 Å². The number of ether oxygens (including phenoxy) is 1. The largest absolute Gasteiger partial charge is 0.498 e. The van der Waals surface area contributed by atoms with Crippen molar-refractivity contribution in [3.05, 3.63) is 71.6 Å². The molecule has 0 aromatic carbocycles. The Hall–Kier alpha value is -6.87. The fourth-order valence-corrected chi connectivity index (χ4v) is 8.76. The SMILES string of the molecule is Cc1nn(C)cc1-c1cnc2[nH]cc(C(=O)N[C@H](C)C(=O)N3CC(C#N)C3)c2n1.Cc1nn(C)cc1-c1cnc2c(n1)c(C=O)cn2COCC[Si](C)(C)C.Cc1nn(C)cc1B1OC(C)(C)C(C)(C)O1. The number of carbonyl (C=O) groups is 3. The van der Waals surface area contributed by atoms with Crippen LogP contribution in [0.5, 0.6) is 0 Å². The van der Waals surface area contributed by atoms with Crippen molar-refractivity contribution in [2.45, 2.75) is 105 Å². The first-order valence-electron chi connectivity index (χ1n) is 23.5. The lowest BCUT2D eigenvalue weighted by Gasteiger charge is -2.37. The van der Waals surface area contributed by atoms with Gasteiger partial charge >= 0.3 is 7.12 Å². The third kappa shape index (κ3) is 11.5. The molecule has 0 aliphatic carbocycles. The second kappa shape index (κ2) is 20.5. The molecule has 0 spiro atoms. The molecule has 2 aliphatic rings. The van der Waals surface area contributed by atoms with Gasteiger partial charge in [-0.05, 0) is 61.4 Å². The molecule has 0 saturated carbocycles. The first-order valence-corrected chi connectivity index (χ1v) is 27.2. The smallest absolute Gasteiger partial charge is 0.399 e. The van der Waals surface area contributed by atoms with E-state index in [0.717, 1.165) is 46.0 Å². The Morgan fingerprint density at radius 2 is 1.46 bits per heavy atom. The number of likely N-dealkylation sites (tertiary alicyclic amines) is 1. The summed E-state index contributed by atoms with van der Waals surface area (Å²) in [6, 6.07) is 2.52. The average molecular weight is 986 g/mol. The van der Waals surface area contributed by atoms with Gasteiger partial charge in [-0.3, -0.25) is 28.4 Å². The normalized spacial score (nSPS) is 15.7. The summed E-state index contributed by atoms with van der Waals surface area (Å²) in [6.07, 6.45) is 13.2. The van der Waals surface area contributed by atoms with Crippen LogP contribution in [0.2, 0.25) is 25.7 Å². The number of H-pyrrole nitrogens is 1. The fourth-order valence-electron chi connectivity index (χ4n) is 8.00. The zero-order valence-electron chi connectivity index (χ0n) is 43.1. The average Bonchev–Trinajstić information content (AvgIpc) is 4.13. The molecular weight excluding hydrogens is 922 g/mol. The molecule has 2 amide bonds. The third-order valence-electron chi connectivity index (χ3n) is 12.8. The van der Waals surface area contributed by atoms with Crippen LogP contribution in [0, 0.1) is 38.0 Å². The second-order valence-electron chi connectivity index (χ2n) is 20.4. The Balaban J connectivity index is 0.000000163. The van der Waals surface area contributed by atoms with Crippen molar-refractivity contribution in [3.63, 3.8) is 0 Å². The predicted octanol–water partition coefficient (Wildman–Crippen LogP) is 5.06. The number of aromatic nitrogens is 12. The maximum atomic E-state index is 12.8. The molecule has 21 nitrogen and oxygen atoms in total. The van der Waals surface area contributed by atoms with Gasteiger partial charge in [-0.25, -0.2) is 19.9 Å². The molecule has 374 valence electrons. The Kier molecular flexibility index (Phi) is 15.0. The molecule has 9 heterocycles. The molecule has 71 heavy (non-hydrogen) atoms. The number of aromatic amines is 1. The highest BCUT2D eigenvalue weighted by Crippen LogP contribution is 2.36. The molecule has 7 aromatic heterocycles. The summed E-state index contributed by atoms with van der Waals surface area (Å²) in [5, 5.41) is 24.5. The molecule has 0 unspecified atom stereocenters. The number of nitrogens with one attached hydrogen (secondary N) is 2. The number of nitriles is 1. The van der Waals surface area contributed by atoms with Crippen molar-refractivity contribution in [2.75, 3.05) is 19.7 Å². The van der Waals surface area contributed by atoms with Gasteiger partial charge in [0.1, 0.15) is 23.8 Å². The number of carbonyl (C=O) groups excluding carboxylic acids is 3. The molecular formula is C48H64BN15O6Si. The Bertz CT molecular complexity index is 3110. The summed E-state index contributed by atoms with van der Waals surface area (Å²) in [6.45, 7) is 24.5. The summed E-state index contributed by atoms with van der Waals surface area (Å²) in [5.74, 6) is -0.744. The highest BCUT2D eigenvalue weighted by Gasteiger charge is 2.52. The van der Waals surface area contributed by atoms with Crippen LogP contribution in [0.15, 0.2) is 43.4 Å². The predicted molar refractivity (Wildman–Crippen MR) is 271 cm³/mol. The Labute approximate surface area is 414 Å². The summed E-state index contributed by atoms with van der Waals surface area (Å²) in [7, 11) is 4.17. The minimum atomic E-state index is -1.13. The zero-order valence-corrected chi connectivity index (χ0v) is 44.1. The number of fused-ring (bicyclic) bond motifs is 2. The molecule has 2 fully saturated rings. The number of rotatable bonds is 12. The maximum absolute atomic E-state index is 12.8. The first kappa shape index (κ1) is 52.0. The molecule has 1 atom stereocenters. The van der Waals surface area contributed by atoms with Crippen molar-refractivity contribution in [2.24, 2.45) is 27.1 Å². The topological polar surface area (TPSA) is 244 Å². The molecule has 2 N–H and O–H groups in total. The number of amides is 2. The van der Waals surface area contributed by atoms with Crippen molar-refractivity contribution < 1.29 is 28.4 Å². The van der Waals surface area contributed by atoms with Crippen LogP contribution < -0.4 is 10.8 Å². The van der Waals surface area contributed by atoms with Crippen LogP contribution in [0.3, 0.4) is 0 Å². The van der Waals surface area contributed by atoms with Crippen molar-refractivity contribution in [1.29, 1.82) is 5.26 Å². The molecule has 2 aliphatic heterocycles. The van der Waals surface area contributed by atoms with Crippen molar-refractivity contribution in [3.8, 4) is 28.6 Å². The van der Waals surface area contributed by atoms with Crippen molar-refractivity contribution >= 4 is 61.1 Å².